The van der Waals surface area contributed by atoms with Gasteiger partial charge < -0.3 is 14.4 Å². The molecule has 2 atom stereocenters. The van der Waals surface area contributed by atoms with Gasteiger partial charge in [0.25, 0.3) is 0 Å². The van der Waals surface area contributed by atoms with Crippen molar-refractivity contribution in [1.82, 2.24) is 9.55 Å². The third-order valence-corrected chi connectivity index (χ3v) is 3.39. The summed E-state index contributed by atoms with van der Waals surface area (Å²) in [5.41, 5.74) is 2.04. The van der Waals surface area contributed by atoms with E-state index < -0.39 is 0 Å². The van der Waals surface area contributed by atoms with Gasteiger partial charge in [-0.3, -0.25) is 0 Å². The molecule has 17 heavy (non-hydrogen) atoms. The van der Waals surface area contributed by atoms with Gasteiger partial charge in [0.05, 0.1) is 29.8 Å². The molecule has 90 valence electrons. The number of aryl methyl sites for hydroxylation is 1. The van der Waals surface area contributed by atoms with Crippen LogP contribution in [0.2, 0.25) is 0 Å². The molecule has 0 amide bonds. The van der Waals surface area contributed by atoms with Crippen LogP contribution in [-0.4, -0.2) is 34.0 Å². The molecule has 0 radical (unpaired) electrons. The van der Waals surface area contributed by atoms with Crippen molar-refractivity contribution in [3.63, 3.8) is 0 Å². The zero-order valence-corrected chi connectivity index (χ0v) is 9.84. The van der Waals surface area contributed by atoms with Crippen molar-refractivity contribution in [2.24, 2.45) is 0 Å². The first kappa shape index (κ1) is 10.7. The minimum Gasteiger partial charge on any atom is -0.391 e. The molecule has 1 aromatic carbocycles. The fourth-order valence-electron chi connectivity index (χ4n) is 2.54. The number of aromatic nitrogens is 2. The summed E-state index contributed by atoms with van der Waals surface area (Å²) in [6, 6.07) is 7.99. The van der Waals surface area contributed by atoms with Crippen molar-refractivity contribution < 1.29 is 9.84 Å². The van der Waals surface area contributed by atoms with Gasteiger partial charge in [-0.25, -0.2) is 4.98 Å². The minimum atomic E-state index is -0.347. The summed E-state index contributed by atoms with van der Waals surface area (Å²) in [4.78, 5) is 4.52. The van der Waals surface area contributed by atoms with Gasteiger partial charge >= 0.3 is 0 Å². The monoisotopic (exact) mass is 232 g/mol. The Morgan fingerprint density at radius 2 is 2.24 bits per heavy atom. The van der Waals surface area contributed by atoms with Gasteiger partial charge in [-0.15, -0.1) is 0 Å². The third kappa shape index (κ3) is 1.73. The molecule has 0 bridgehead atoms. The molecule has 1 aromatic heterocycles. The highest BCUT2D eigenvalue weighted by Gasteiger charge is 2.27. The lowest BCUT2D eigenvalue weighted by molar-refractivity contribution is -0.0283. The van der Waals surface area contributed by atoms with Gasteiger partial charge in [0.15, 0.2) is 0 Å². The number of benzene rings is 1. The Kier molecular flexibility index (Phi) is 2.61. The maximum Gasteiger partial charge on any atom is 0.107 e. The van der Waals surface area contributed by atoms with Crippen molar-refractivity contribution in [3.05, 3.63) is 30.1 Å². The number of para-hydroxylation sites is 2. The summed E-state index contributed by atoms with van der Waals surface area (Å²) in [6.45, 7) is 3.17. The number of imidazole rings is 1. The second kappa shape index (κ2) is 4.13. The molecular weight excluding hydrogens is 216 g/mol. The topological polar surface area (TPSA) is 47.3 Å². The van der Waals surface area contributed by atoms with E-state index in [9.17, 15) is 5.11 Å². The molecule has 2 unspecified atom stereocenters. The standard InChI is InChI=1S/C13H16N2O2/c1-9-14-10-4-2-3-5-11(10)15(9)12-8-17-7-6-13(12)16/h2-5,12-13,16H,6-8H2,1H3. The number of nitrogens with zero attached hydrogens (tertiary/aromatic N) is 2. The summed E-state index contributed by atoms with van der Waals surface area (Å²) in [5, 5.41) is 10.1. The Hall–Kier alpha value is -1.39. The number of hydrogen-bond donors (Lipinski definition) is 1. The van der Waals surface area contributed by atoms with Crippen LogP contribution >= 0.6 is 0 Å². The first-order valence-electron chi connectivity index (χ1n) is 5.97. The first-order valence-corrected chi connectivity index (χ1v) is 5.97. The molecule has 1 aliphatic rings. The van der Waals surface area contributed by atoms with Crippen LogP contribution in [0.15, 0.2) is 24.3 Å². The van der Waals surface area contributed by atoms with E-state index in [2.05, 4.69) is 9.55 Å². The Morgan fingerprint density at radius 3 is 3.06 bits per heavy atom. The molecule has 2 aromatic rings. The number of ether oxygens (including phenoxy) is 1. The lowest BCUT2D eigenvalue weighted by atomic mass is 10.1. The van der Waals surface area contributed by atoms with E-state index in [-0.39, 0.29) is 12.1 Å². The Bertz CT molecular complexity index is 535. The minimum absolute atomic E-state index is 0.0175. The van der Waals surface area contributed by atoms with Crippen LogP contribution in [0.25, 0.3) is 11.0 Å². The highest BCUT2D eigenvalue weighted by molar-refractivity contribution is 5.76. The lowest BCUT2D eigenvalue weighted by Crippen LogP contribution is -2.34. The van der Waals surface area contributed by atoms with Crippen LogP contribution in [0.5, 0.6) is 0 Å². The van der Waals surface area contributed by atoms with Gasteiger partial charge in [0, 0.05) is 6.61 Å². The summed E-state index contributed by atoms with van der Waals surface area (Å²) in [5.74, 6) is 0.931. The highest BCUT2D eigenvalue weighted by Crippen LogP contribution is 2.26. The van der Waals surface area contributed by atoms with Crippen LogP contribution in [0.1, 0.15) is 18.3 Å². The van der Waals surface area contributed by atoms with Crippen molar-refractivity contribution in [2.75, 3.05) is 13.2 Å². The van der Waals surface area contributed by atoms with E-state index in [1.165, 1.54) is 0 Å². The number of aliphatic hydroxyl groups is 1. The maximum atomic E-state index is 10.1. The normalized spacial score (nSPS) is 25.3. The Labute approximate surface area is 99.8 Å². The van der Waals surface area contributed by atoms with Gasteiger partial charge in [-0.2, -0.15) is 0 Å². The Balaban J connectivity index is 2.12. The number of rotatable bonds is 1. The molecule has 3 rings (SSSR count). The largest absolute Gasteiger partial charge is 0.391 e. The maximum absolute atomic E-state index is 10.1. The second-order valence-corrected chi connectivity index (χ2v) is 4.52. The molecule has 1 saturated heterocycles. The van der Waals surface area contributed by atoms with Crippen molar-refractivity contribution in [2.45, 2.75) is 25.5 Å². The molecule has 1 N–H and O–H groups in total. The second-order valence-electron chi connectivity index (χ2n) is 4.52. The van der Waals surface area contributed by atoms with E-state index in [0.29, 0.717) is 19.6 Å². The molecule has 4 heteroatoms. The zero-order chi connectivity index (χ0) is 11.8. The number of hydrogen-bond acceptors (Lipinski definition) is 3. The SMILES string of the molecule is Cc1nc2ccccc2n1C1COCCC1O. The molecular formula is C13H16N2O2. The molecule has 1 fully saturated rings. The summed E-state index contributed by atoms with van der Waals surface area (Å²) in [7, 11) is 0. The summed E-state index contributed by atoms with van der Waals surface area (Å²) < 4.78 is 7.57. The van der Waals surface area contributed by atoms with E-state index in [1.54, 1.807) is 0 Å². The third-order valence-electron chi connectivity index (χ3n) is 3.39. The smallest absolute Gasteiger partial charge is 0.107 e. The molecule has 4 nitrogen and oxygen atoms in total. The molecule has 0 spiro atoms. The number of fused-ring (bicyclic) bond motifs is 1. The quantitative estimate of drug-likeness (QED) is 0.813. The molecule has 0 saturated carbocycles. The van der Waals surface area contributed by atoms with Gasteiger partial charge in [-0.1, -0.05) is 12.1 Å². The van der Waals surface area contributed by atoms with Gasteiger partial charge in [0.1, 0.15) is 5.82 Å². The average Bonchev–Trinajstić information content (AvgIpc) is 2.66. The molecule has 0 aliphatic carbocycles. The van der Waals surface area contributed by atoms with Crippen LogP contribution < -0.4 is 0 Å². The predicted octanol–water partition coefficient (Wildman–Crippen LogP) is 1.67. The van der Waals surface area contributed by atoms with Crippen LogP contribution in [0.4, 0.5) is 0 Å². The van der Waals surface area contributed by atoms with Gasteiger partial charge in [-0.05, 0) is 25.5 Å². The van der Waals surface area contributed by atoms with E-state index >= 15 is 0 Å². The van der Waals surface area contributed by atoms with Crippen molar-refractivity contribution >= 4 is 11.0 Å². The summed E-state index contributed by atoms with van der Waals surface area (Å²) in [6.07, 6.45) is 0.344. The molecule has 2 heterocycles. The zero-order valence-electron chi connectivity index (χ0n) is 9.84. The Morgan fingerprint density at radius 1 is 1.41 bits per heavy atom. The fourth-order valence-corrected chi connectivity index (χ4v) is 2.54. The van der Waals surface area contributed by atoms with Crippen LogP contribution in [0, 0.1) is 6.92 Å². The fraction of sp³-hybridized carbons (Fsp3) is 0.462. The average molecular weight is 232 g/mol. The van der Waals surface area contributed by atoms with E-state index in [1.807, 2.05) is 31.2 Å². The predicted molar refractivity (Wildman–Crippen MR) is 64.9 cm³/mol. The van der Waals surface area contributed by atoms with Crippen LogP contribution in [0.3, 0.4) is 0 Å². The van der Waals surface area contributed by atoms with E-state index in [0.717, 1.165) is 16.9 Å². The summed E-state index contributed by atoms with van der Waals surface area (Å²) >= 11 is 0. The van der Waals surface area contributed by atoms with Gasteiger partial charge in [0.2, 0.25) is 0 Å². The van der Waals surface area contributed by atoms with Crippen molar-refractivity contribution in [1.29, 1.82) is 0 Å². The van der Waals surface area contributed by atoms with Crippen LogP contribution in [-0.2, 0) is 4.74 Å². The number of aliphatic hydroxyl groups excluding tert-OH is 1. The highest BCUT2D eigenvalue weighted by atomic mass is 16.5. The lowest BCUT2D eigenvalue weighted by Gasteiger charge is -2.30. The first-order chi connectivity index (χ1) is 8.27. The van der Waals surface area contributed by atoms with E-state index in [4.69, 9.17) is 4.74 Å². The molecule has 1 aliphatic heterocycles. The van der Waals surface area contributed by atoms with Crippen molar-refractivity contribution in [3.8, 4) is 0 Å².